The number of nitrogens with zero attached hydrogens (tertiary/aromatic N) is 5. The van der Waals surface area contributed by atoms with Crippen LogP contribution in [-0.2, 0) is 17.8 Å². The van der Waals surface area contributed by atoms with Crippen molar-refractivity contribution in [2.24, 2.45) is 5.41 Å². The van der Waals surface area contributed by atoms with Gasteiger partial charge in [-0.05, 0) is 48.9 Å². The van der Waals surface area contributed by atoms with Crippen molar-refractivity contribution in [2.75, 3.05) is 19.8 Å². The molecule has 1 unspecified atom stereocenters. The highest BCUT2D eigenvalue weighted by Crippen LogP contribution is 2.40. The van der Waals surface area contributed by atoms with E-state index in [0.717, 1.165) is 0 Å². The molecule has 1 atom stereocenters. The molecule has 0 bridgehead atoms. The first-order chi connectivity index (χ1) is 21.1. The summed E-state index contributed by atoms with van der Waals surface area (Å²) in [5, 5.41) is 18.3. The molecule has 0 saturated carbocycles. The Bertz CT molecular complexity index is 1860. The van der Waals surface area contributed by atoms with Crippen LogP contribution in [0.1, 0.15) is 53.6 Å². The molecule has 0 radical (unpaired) electrons. The number of imidazole rings is 1. The summed E-state index contributed by atoms with van der Waals surface area (Å²) >= 11 is 1.19. The van der Waals surface area contributed by atoms with Crippen LogP contribution < -0.4 is 9.47 Å². The smallest absolute Gasteiger partial charge is 0.335 e. The van der Waals surface area contributed by atoms with Crippen LogP contribution >= 0.6 is 11.3 Å². The predicted octanol–water partition coefficient (Wildman–Crippen LogP) is 6.09. The maximum Gasteiger partial charge on any atom is 0.335 e. The Hall–Kier alpha value is -4.49. The number of benzene rings is 2. The van der Waals surface area contributed by atoms with Crippen LogP contribution in [0.2, 0.25) is 0 Å². The molecule has 1 saturated heterocycles. The fourth-order valence-electron chi connectivity index (χ4n) is 5.24. The highest BCUT2D eigenvalue weighted by Gasteiger charge is 2.39. The van der Waals surface area contributed by atoms with Crippen LogP contribution in [0.4, 0.5) is 8.78 Å². The first-order valence-corrected chi connectivity index (χ1v) is 14.8. The minimum absolute atomic E-state index is 0.0524. The lowest BCUT2D eigenvalue weighted by Gasteiger charge is -2.28. The summed E-state index contributed by atoms with van der Waals surface area (Å²) in [5.74, 6) is -1.83. The van der Waals surface area contributed by atoms with E-state index in [4.69, 9.17) is 19.2 Å². The van der Waals surface area contributed by atoms with Crippen LogP contribution in [0, 0.1) is 17.0 Å². The van der Waals surface area contributed by atoms with E-state index in [-0.39, 0.29) is 35.9 Å². The molecule has 228 valence electrons. The molecular formula is C31H29F2N5O5S. The molecule has 0 aliphatic carbocycles. The maximum absolute atomic E-state index is 15.6. The molecule has 0 spiro atoms. The zero-order valence-corrected chi connectivity index (χ0v) is 25.0. The van der Waals surface area contributed by atoms with E-state index < -0.39 is 17.6 Å². The second-order valence-electron chi connectivity index (χ2n) is 11.1. The summed E-state index contributed by atoms with van der Waals surface area (Å²) in [6.45, 7) is 7.35. The van der Waals surface area contributed by atoms with Gasteiger partial charge in [0, 0.05) is 17.4 Å². The lowest BCUT2D eigenvalue weighted by molar-refractivity contribution is 0.0697. The summed E-state index contributed by atoms with van der Waals surface area (Å²) in [4.78, 5) is 20.8. The number of ether oxygens (including phenoxy) is 3. The minimum atomic E-state index is -1.04. The first kappa shape index (κ1) is 29.6. The SMILES string of the molecule is CCOc1nnc(COc2nc(-c3ccc(Cc4nc5ccc(C(=O)O)cc5n4C4COCC4(C)C)c(F)c3)ccc2F)s1. The quantitative estimate of drug-likeness (QED) is 0.197. The van der Waals surface area contributed by atoms with E-state index in [2.05, 4.69) is 29.0 Å². The number of aromatic nitrogens is 5. The third-order valence-corrected chi connectivity index (χ3v) is 8.34. The molecule has 0 amide bonds. The number of carbonyl (C=O) groups is 1. The Morgan fingerprint density at radius 1 is 1.09 bits per heavy atom. The van der Waals surface area contributed by atoms with Gasteiger partial charge in [0.2, 0.25) is 0 Å². The molecule has 1 fully saturated rings. The third kappa shape index (κ3) is 5.84. The average molecular weight is 622 g/mol. The molecular weight excluding hydrogens is 592 g/mol. The van der Waals surface area contributed by atoms with Crippen molar-refractivity contribution in [1.82, 2.24) is 24.7 Å². The Morgan fingerprint density at radius 3 is 2.66 bits per heavy atom. The fraction of sp³-hybridized carbons (Fsp3) is 0.323. The van der Waals surface area contributed by atoms with Crippen molar-refractivity contribution in [3.05, 3.63) is 82.1 Å². The van der Waals surface area contributed by atoms with Gasteiger partial charge in [-0.2, -0.15) is 0 Å². The molecule has 6 rings (SSSR count). The van der Waals surface area contributed by atoms with Crippen molar-refractivity contribution >= 4 is 28.3 Å². The normalized spacial score (nSPS) is 16.0. The zero-order chi connectivity index (χ0) is 31.0. The topological polar surface area (TPSA) is 121 Å². The summed E-state index contributed by atoms with van der Waals surface area (Å²) in [6, 6.07) is 12.0. The largest absolute Gasteiger partial charge is 0.478 e. The average Bonchev–Trinajstić information content (AvgIpc) is 3.69. The van der Waals surface area contributed by atoms with E-state index in [1.54, 1.807) is 24.3 Å². The van der Waals surface area contributed by atoms with Crippen LogP contribution in [0.15, 0.2) is 48.5 Å². The molecule has 4 heterocycles. The zero-order valence-electron chi connectivity index (χ0n) is 24.2. The van der Waals surface area contributed by atoms with Crippen LogP contribution in [0.25, 0.3) is 22.3 Å². The molecule has 1 aliphatic rings. The predicted molar refractivity (Wildman–Crippen MR) is 158 cm³/mol. The van der Waals surface area contributed by atoms with E-state index in [9.17, 15) is 14.3 Å². The van der Waals surface area contributed by atoms with Crippen molar-refractivity contribution < 1.29 is 32.9 Å². The third-order valence-electron chi connectivity index (χ3n) is 7.53. The van der Waals surface area contributed by atoms with E-state index in [1.807, 2.05) is 11.5 Å². The van der Waals surface area contributed by atoms with Gasteiger partial charge in [0.1, 0.15) is 18.2 Å². The Kier molecular flexibility index (Phi) is 7.99. The van der Waals surface area contributed by atoms with Gasteiger partial charge in [-0.15, -0.1) is 5.10 Å². The minimum Gasteiger partial charge on any atom is -0.478 e. The number of hydrogen-bond donors (Lipinski definition) is 1. The lowest BCUT2D eigenvalue weighted by Crippen LogP contribution is -2.27. The lowest BCUT2D eigenvalue weighted by atomic mass is 9.87. The number of aromatic carboxylic acids is 1. The van der Waals surface area contributed by atoms with E-state index in [0.29, 0.717) is 63.7 Å². The molecule has 10 nitrogen and oxygen atoms in total. The molecule has 13 heteroatoms. The summed E-state index contributed by atoms with van der Waals surface area (Å²) in [6.07, 6.45) is 0.159. The summed E-state index contributed by atoms with van der Waals surface area (Å²) < 4.78 is 48.8. The van der Waals surface area contributed by atoms with Gasteiger partial charge in [-0.1, -0.05) is 42.4 Å². The highest BCUT2D eigenvalue weighted by atomic mass is 32.1. The molecule has 3 aromatic heterocycles. The van der Waals surface area contributed by atoms with Crippen molar-refractivity contribution in [1.29, 1.82) is 0 Å². The number of carboxylic acids is 1. The van der Waals surface area contributed by atoms with Gasteiger partial charge >= 0.3 is 5.97 Å². The fourth-order valence-corrected chi connectivity index (χ4v) is 5.90. The van der Waals surface area contributed by atoms with E-state index in [1.165, 1.54) is 35.6 Å². The van der Waals surface area contributed by atoms with Crippen LogP contribution in [0.5, 0.6) is 11.1 Å². The van der Waals surface area contributed by atoms with Crippen molar-refractivity contribution in [3.8, 4) is 22.3 Å². The number of hydrogen-bond acceptors (Lipinski definition) is 9. The molecule has 1 aliphatic heterocycles. The van der Waals surface area contributed by atoms with Crippen molar-refractivity contribution in [2.45, 2.75) is 39.8 Å². The number of pyridine rings is 1. The van der Waals surface area contributed by atoms with Gasteiger partial charge in [0.15, 0.2) is 10.8 Å². The van der Waals surface area contributed by atoms with E-state index >= 15 is 4.39 Å². The number of fused-ring (bicyclic) bond motifs is 1. The maximum atomic E-state index is 15.6. The Morgan fingerprint density at radius 2 is 1.93 bits per heavy atom. The van der Waals surface area contributed by atoms with Crippen LogP contribution in [-0.4, -0.2) is 55.6 Å². The summed E-state index contributed by atoms with van der Waals surface area (Å²) in [5.41, 5.74) is 2.33. The molecule has 1 N–H and O–H groups in total. The Labute approximate surface area is 255 Å². The standard InChI is InChI=1S/C31H29F2N5O5S/c1-4-42-30-37-36-27(44-30)15-43-28-20(32)8-10-22(35-28)18-6-5-17(21(33)11-18)13-26-34-23-9-7-19(29(39)40)12-24(23)38(26)25-14-41-16-31(25,2)3/h5-12,25H,4,13-16H2,1-3H3,(H,39,40). The van der Waals surface area contributed by atoms with Gasteiger partial charge in [-0.25, -0.2) is 23.5 Å². The van der Waals surface area contributed by atoms with Gasteiger partial charge < -0.3 is 23.9 Å². The highest BCUT2D eigenvalue weighted by molar-refractivity contribution is 7.13. The van der Waals surface area contributed by atoms with Crippen molar-refractivity contribution in [3.63, 3.8) is 0 Å². The van der Waals surface area contributed by atoms with Gasteiger partial charge in [0.25, 0.3) is 11.1 Å². The molecule has 44 heavy (non-hydrogen) atoms. The number of carboxylic acid groups (broad SMARTS) is 1. The van der Waals surface area contributed by atoms with Gasteiger partial charge in [-0.3, -0.25) is 0 Å². The molecule has 2 aromatic carbocycles. The second kappa shape index (κ2) is 11.9. The summed E-state index contributed by atoms with van der Waals surface area (Å²) in [7, 11) is 0. The Balaban J connectivity index is 1.28. The monoisotopic (exact) mass is 621 g/mol. The van der Waals surface area contributed by atoms with Crippen LogP contribution in [0.3, 0.4) is 0 Å². The van der Waals surface area contributed by atoms with Gasteiger partial charge in [0.05, 0.1) is 48.2 Å². The number of rotatable bonds is 10. The molecule has 5 aromatic rings. The first-order valence-electron chi connectivity index (χ1n) is 14.0. The number of halogens is 2. The second-order valence-corrected chi connectivity index (χ2v) is 12.1.